The summed E-state index contributed by atoms with van der Waals surface area (Å²) >= 11 is 5.46. The van der Waals surface area contributed by atoms with Gasteiger partial charge in [-0.3, -0.25) is 4.79 Å². The molecule has 0 saturated heterocycles. The van der Waals surface area contributed by atoms with E-state index in [2.05, 4.69) is 5.32 Å². The topological polar surface area (TPSA) is 89.3 Å². The van der Waals surface area contributed by atoms with Crippen LogP contribution in [-0.4, -0.2) is 20.2 Å². The number of sulfonamides is 1. The summed E-state index contributed by atoms with van der Waals surface area (Å²) in [5.41, 5.74) is 0.525. The van der Waals surface area contributed by atoms with Crippen molar-refractivity contribution >= 4 is 33.2 Å². The maximum Gasteiger partial charge on any atom is 0.238 e. The average Bonchev–Trinajstić information content (AvgIpc) is 2.26. The molecule has 0 bridgehead atoms. The Morgan fingerprint density at radius 1 is 1.29 bits per heavy atom. The number of primary sulfonamides is 1. The summed E-state index contributed by atoms with van der Waals surface area (Å²) in [5, 5.41) is 7.57. The van der Waals surface area contributed by atoms with Crippen LogP contribution in [-0.2, 0) is 14.8 Å². The molecule has 5 nitrogen and oxygen atoms in total. The van der Waals surface area contributed by atoms with Crippen molar-refractivity contribution in [2.45, 2.75) is 17.7 Å². The van der Waals surface area contributed by atoms with E-state index >= 15 is 0 Å². The number of carbonyl (C=O) groups is 1. The zero-order valence-corrected chi connectivity index (χ0v) is 10.6. The summed E-state index contributed by atoms with van der Waals surface area (Å²) in [6.07, 6.45) is 0.934. The van der Waals surface area contributed by atoms with Gasteiger partial charge in [0, 0.05) is 18.0 Å². The van der Waals surface area contributed by atoms with Gasteiger partial charge in [0.1, 0.15) is 0 Å². The van der Waals surface area contributed by atoms with Gasteiger partial charge in [-0.15, -0.1) is 11.6 Å². The minimum atomic E-state index is -3.69. The number of anilines is 1. The molecule has 0 aromatic heterocycles. The standard InChI is InChI=1S/C10H13ClN2O3S/c11-7-1-2-10(14)13-8-3-5-9(6-4-8)17(12,15)16/h3-6H,1-2,7H2,(H,13,14)(H2,12,15,16). The number of hydrogen-bond donors (Lipinski definition) is 2. The van der Waals surface area contributed by atoms with Gasteiger partial charge in [0.2, 0.25) is 15.9 Å². The first-order chi connectivity index (χ1) is 7.93. The number of nitrogens with one attached hydrogen (secondary N) is 1. The Balaban J connectivity index is 2.66. The van der Waals surface area contributed by atoms with Crippen LogP contribution in [0.25, 0.3) is 0 Å². The van der Waals surface area contributed by atoms with Crippen LogP contribution in [0.4, 0.5) is 5.69 Å². The lowest BCUT2D eigenvalue weighted by molar-refractivity contribution is -0.116. The van der Waals surface area contributed by atoms with Gasteiger partial charge in [0.25, 0.3) is 0 Å². The molecule has 0 heterocycles. The summed E-state index contributed by atoms with van der Waals surface area (Å²) in [6.45, 7) is 0. The zero-order valence-electron chi connectivity index (χ0n) is 9.02. The van der Waals surface area contributed by atoms with Gasteiger partial charge in [0.15, 0.2) is 0 Å². The van der Waals surface area contributed by atoms with Crippen LogP contribution in [0, 0.1) is 0 Å². The van der Waals surface area contributed by atoms with Gasteiger partial charge < -0.3 is 5.32 Å². The van der Waals surface area contributed by atoms with E-state index in [-0.39, 0.29) is 10.8 Å². The monoisotopic (exact) mass is 276 g/mol. The summed E-state index contributed by atoms with van der Waals surface area (Å²) in [7, 11) is -3.69. The highest BCUT2D eigenvalue weighted by Gasteiger charge is 2.07. The quantitative estimate of drug-likeness (QED) is 0.794. The fraction of sp³-hybridized carbons (Fsp3) is 0.300. The maximum absolute atomic E-state index is 11.3. The molecule has 3 N–H and O–H groups in total. The number of halogens is 1. The van der Waals surface area contributed by atoms with E-state index in [1.807, 2.05) is 0 Å². The van der Waals surface area contributed by atoms with E-state index in [1.54, 1.807) is 0 Å². The van der Waals surface area contributed by atoms with Crippen LogP contribution in [0.3, 0.4) is 0 Å². The van der Waals surface area contributed by atoms with E-state index in [0.717, 1.165) is 0 Å². The molecule has 17 heavy (non-hydrogen) atoms. The van der Waals surface area contributed by atoms with Crippen molar-refractivity contribution in [1.82, 2.24) is 0 Å². The van der Waals surface area contributed by atoms with E-state index in [0.29, 0.717) is 24.4 Å². The normalized spacial score (nSPS) is 11.2. The second kappa shape index (κ2) is 6.00. The van der Waals surface area contributed by atoms with Crippen LogP contribution in [0.5, 0.6) is 0 Å². The molecule has 0 fully saturated rings. The number of nitrogens with two attached hydrogens (primary N) is 1. The van der Waals surface area contributed by atoms with Gasteiger partial charge in [-0.05, 0) is 30.7 Å². The molecule has 7 heteroatoms. The number of rotatable bonds is 5. The van der Waals surface area contributed by atoms with Gasteiger partial charge in [0.05, 0.1) is 4.90 Å². The summed E-state index contributed by atoms with van der Waals surface area (Å²) in [4.78, 5) is 11.4. The Labute approximate surface area is 105 Å². The van der Waals surface area contributed by atoms with Crippen LogP contribution < -0.4 is 10.5 Å². The van der Waals surface area contributed by atoms with Crippen molar-refractivity contribution in [2.75, 3.05) is 11.2 Å². The van der Waals surface area contributed by atoms with Crippen molar-refractivity contribution in [3.05, 3.63) is 24.3 Å². The molecule has 0 saturated carbocycles. The molecule has 0 radical (unpaired) electrons. The van der Waals surface area contributed by atoms with Crippen LogP contribution in [0.1, 0.15) is 12.8 Å². The predicted octanol–water partition coefficient (Wildman–Crippen LogP) is 1.29. The summed E-state index contributed by atoms with van der Waals surface area (Å²) < 4.78 is 22.0. The van der Waals surface area contributed by atoms with Gasteiger partial charge >= 0.3 is 0 Å². The van der Waals surface area contributed by atoms with Crippen molar-refractivity contribution in [3.8, 4) is 0 Å². The average molecular weight is 277 g/mol. The van der Waals surface area contributed by atoms with E-state index in [4.69, 9.17) is 16.7 Å². The van der Waals surface area contributed by atoms with Crippen molar-refractivity contribution in [2.24, 2.45) is 5.14 Å². The summed E-state index contributed by atoms with van der Waals surface area (Å²) in [6, 6.07) is 5.65. The largest absolute Gasteiger partial charge is 0.326 e. The molecule has 0 atom stereocenters. The highest BCUT2D eigenvalue weighted by molar-refractivity contribution is 7.89. The fourth-order valence-corrected chi connectivity index (χ4v) is 1.83. The van der Waals surface area contributed by atoms with E-state index in [9.17, 15) is 13.2 Å². The molecule has 0 unspecified atom stereocenters. The maximum atomic E-state index is 11.3. The van der Waals surface area contributed by atoms with Gasteiger partial charge in [-0.2, -0.15) is 0 Å². The fourth-order valence-electron chi connectivity index (χ4n) is 1.18. The molecule has 1 aromatic carbocycles. The molecular weight excluding hydrogens is 264 g/mol. The third-order valence-corrected chi connectivity index (χ3v) is 3.20. The van der Waals surface area contributed by atoms with Crippen LogP contribution in [0.15, 0.2) is 29.2 Å². The molecule has 0 spiro atoms. The Hall–Kier alpha value is -1.11. The number of amides is 1. The van der Waals surface area contributed by atoms with Crippen LogP contribution >= 0.6 is 11.6 Å². The third-order valence-electron chi connectivity index (χ3n) is 2.00. The first-order valence-electron chi connectivity index (χ1n) is 4.92. The molecule has 94 valence electrons. The first-order valence-corrected chi connectivity index (χ1v) is 7.00. The first kappa shape index (κ1) is 14.0. The number of benzene rings is 1. The minimum Gasteiger partial charge on any atom is -0.326 e. The van der Waals surface area contributed by atoms with Crippen LogP contribution in [0.2, 0.25) is 0 Å². The molecule has 1 aromatic rings. The number of hydrogen-bond acceptors (Lipinski definition) is 3. The Kier molecular flexibility index (Phi) is 4.92. The predicted molar refractivity (Wildman–Crippen MR) is 66.4 cm³/mol. The molecule has 1 rings (SSSR count). The Morgan fingerprint density at radius 2 is 1.88 bits per heavy atom. The minimum absolute atomic E-state index is 0.0104. The molecular formula is C10H13ClN2O3S. The van der Waals surface area contributed by atoms with Crippen molar-refractivity contribution in [3.63, 3.8) is 0 Å². The second-order valence-corrected chi connectivity index (χ2v) is 5.35. The highest BCUT2D eigenvalue weighted by atomic mass is 35.5. The lowest BCUT2D eigenvalue weighted by Crippen LogP contribution is -2.13. The third kappa shape index (κ3) is 4.72. The van der Waals surface area contributed by atoms with Gasteiger partial charge in [-0.25, -0.2) is 13.6 Å². The SMILES string of the molecule is NS(=O)(=O)c1ccc(NC(=O)CCCCl)cc1. The molecule has 0 aliphatic rings. The Bertz CT molecular complexity index is 485. The van der Waals surface area contributed by atoms with Crippen molar-refractivity contribution in [1.29, 1.82) is 0 Å². The lowest BCUT2D eigenvalue weighted by Gasteiger charge is -2.05. The highest BCUT2D eigenvalue weighted by Crippen LogP contribution is 2.13. The van der Waals surface area contributed by atoms with Crippen molar-refractivity contribution < 1.29 is 13.2 Å². The second-order valence-electron chi connectivity index (χ2n) is 3.41. The lowest BCUT2D eigenvalue weighted by atomic mass is 10.3. The molecule has 0 aliphatic carbocycles. The van der Waals surface area contributed by atoms with E-state index < -0.39 is 10.0 Å². The molecule has 1 amide bonds. The summed E-state index contributed by atoms with van der Waals surface area (Å²) in [5.74, 6) is 0.270. The Morgan fingerprint density at radius 3 is 2.35 bits per heavy atom. The number of alkyl halides is 1. The number of carbonyl (C=O) groups excluding carboxylic acids is 1. The van der Waals surface area contributed by atoms with Gasteiger partial charge in [-0.1, -0.05) is 0 Å². The smallest absolute Gasteiger partial charge is 0.238 e. The molecule has 0 aliphatic heterocycles. The van der Waals surface area contributed by atoms with E-state index in [1.165, 1.54) is 24.3 Å². The zero-order chi connectivity index (χ0) is 12.9.